The van der Waals surface area contributed by atoms with Gasteiger partial charge in [0.25, 0.3) is 0 Å². The Bertz CT molecular complexity index is 412. The van der Waals surface area contributed by atoms with E-state index in [9.17, 15) is 9.59 Å². The van der Waals surface area contributed by atoms with Crippen LogP contribution in [0.4, 0.5) is 4.79 Å². The van der Waals surface area contributed by atoms with Crippen LogP contribution in [0.3, 0.4) is 0 Å². The lowest BCUT2D eigenvalue weighted by molar-refractivity contribution is -0.182. The van der Waals surface area contributed by atoms with Crippen molar-refractivity contribution in [2.75, 3.05) is 13.2 Å². The van der Waals surface area contributed by atoms with Crippen LogP contribution >= 0.6 is 0 Å². The monoisotopic (exact) mass is 400 g/mol. The average Bonchev–Trinajstić information content (AvgIpc) is 3.08. The standard InChI is InChI=1S/C22H40O6/c1-3-4-5-6-7-8-9-10-11-12-13-14-15-16-21(27-19(2)23)25-17-20-18-26-22(24)28-20/h20-21H,3-18H2,1-2H3. The minimum atomic E-state index is -0.672. The van der Waals surface area contributed by atoms with E-state index < -0.39 is 18.5 Å². The average molecular weight is 401 g/mol. The summed E-state index contributed by atoms with van der Waals surface area (Å²) in [5, 5.41) is 0. The molecular weight excluding hydrogens is 360 g/mol. The summed E-state index contributed by atoms with van der Waals surface area (Å²) in [7, 11) is 0. The summed E-state index contributed by atoms with van der Waals surface area (Å²) >= 11 is 0. The van der Waals surface area contributed by atoms with Crippen LogP contribution in [0.15, 0.2) is 0 Å². The third-order valence-corrected chi connectivity index (χ3v) is 4.96. The summed E-state index contributed by atoms with van der Waals surface area (Å²) in [5.74, 6) is -0.362. The van der Waals surface area contributed by atoms with Crippen LogP contribution in [0.5, 0.6) is 0 Å². The van der Waals surface area contributed by atoms with Crippen molar-refractivity contribution in [3.05, 3.63) is 0 Å². The van der Waals surface area contributed by atoms with Crippen LogP contribution in [0.1, 0.15) is 104 Å². The quantitative estimate of drug-likeness (QED) is 0.162. The smallest absolute Gasteiger partial charge is 0.436 e. The number of ether oxygens (including phenoxy) is 4. The molecule has 1 fully saturated rings. The van der Waals surface area contributed by atoms with E-state index in [1.165, 1.54) is 77.6 Å². The largest absolute Gasteiger partial charge is 0.508 e. The third-order valence-electron chi connectivity index (χ3n) is 4.96. The zero-order valence-corrected chi connectivity index (χ0v) is 17.9. The predicted molar refractivity (Wildman–Crippen MR) is 108 cm³/mol. The maximum absolute atomic E-state index is 11.2. The van der Waals surface area contributed by atoms with Crippen LogP contribution in [-0.4, -0.2) is 37.7 Å². The predicted octanol–water partition coefficient (Wildman–Crippen LogP) is 5.91. The van der Waals surface area contributed by atoms with Crippen molar-refractivity contribution in [1.82, 2.24) is 0 Å². The van der Waals surface area contributed by atoms with Crippen LogP contribution in [0.25, 0.3) is 0 Å². The fraction of sp³-hybridized carbons (Fsp3) is 0.909. The normalized spacial score (nSPS) is 17.2. The minimum Gasteiger partial charge on any atom is -0.436 e. The zero-order valence-electron chi connectivity index (χ0n) is 17.9. The molecule has 0 bridgehead atoms. The molecule has 1 saturated heterocycles. The molecule has 1 heterocycles. The molecule has 1 aliphatic heterocycles. The summed E-state index contributed by atoms with van der Waals surface area (Å²) in [5.41, 5.74) is 0. The summed E-state index contributed by atoms with van der Waals surface area (Å²) in [6.07, 6.45) is 15.8. The Morgan fingerprint density at radius 2 is 1.50 bits per heavy atom. The Morgan fingerprint density at radius 3 is 1.96 bits per heavy atom. The maximum atomic E-state index is 11.2. The maximum Gasteiger partial charge on any atom is 0.508 e. The zero-order chi connectivity index (χ0) is 20.5. The van der Waals surface area contributed by atoms with Gasteiger partial charge in [0.05, 0.1) is 6.61 Å². The van der Waals surface area contributed by atoms with Gasteiger partial charge in [-0.15, -0.1) is 0 Å². The van der Waals surface area contributed by atoms with Crippen molar-refractivity contribution in [2.45, 2.75) is 116 Å². The fourth-order valence-electron chi connectivity index (χ4n) is 3.35. The van der Waals surface area contributed by atoms with E-state index in [1.54, 1.807) is 0 Å². The van der Waals surface area contributed by atoms with Gasteiger partial charge in [0.15, 0.2) is 6.10 Å². The molecule has 2 atom stereocenters. The summed E-state index contributed by atoms with van der Waals surface area (Å²) in [4.78, 5) is 22.1. The van der Waals surface area contributed by atoms with Gasteiger partial charge in [-0.25, -0.2) is 4.79 Å². The molecule has 0 aromatic carbocycles. The lowest BCUT2D eigenvalue weighted by atomic mass is 10.0. The Labute approximate surface area is 170 Å². The lowest BCUT2D eigenvalue weighted by Gasteiger charge is -2.18. The first-order chi connectivity index (χ1) is 13.6. The molecule has 0 N–H and O–H groups in total. The van der Waals surface area contributed by atoms with Crippen molar-refractivity contribution in [2.24, 2.45) is 0 Å². The van der Waals surface area contributed by atoms with E-state index >= 15 is 0 Å². The van der Waals surface area contributed by atoms with E-state index in [-0.39, 0.29) is 19.2 Å². The van der Waals surface area contributed by atoms with Crippen molar-refractivity contribution in [1.29, 1.82) is 0 Å². The molecule has 6 nitrogen and oxygen atoms in total. The molecule has 1 rings (SSSR count). The molecule has 6 heteroatoms. The van der Waals surface area contributed by atoms with E-state index in [2.05, 4.69) is 6.92 Å². The molecule has 28 heavy (non-hydrogen) atoms. The summed E-state index contributed by atoms with van der Waals surface area (Å²) in [6, 6.07) is 0. The molecule has 0 aromatic heterocycles. The number of rotatable bonds is 18. The van der Waals surface area contributed by atoms with Gasteiger partial charge < -0.3 is 18.9 Å². The van der Waals surface area contributed by atoms with Gasteiger partial charge in [-0.1, -0.05) is 84.0 Å². The second kappa shape index (κ2) is 16.6. The molecule has 0 spiro atoms. The number of cyclic esters (lactones) is 2. The number of unbranched alkanes of at least 4 members (excludes halogenated alkanes) is 12. The van der Waals surface area contributed by atoms with Gasteiger partial charge in [-0.3, -0.25) is 4.79 Å². The number of hydrogen-bond acceptors (Lipinski definition) is 6. The molecule has 1 aliphatic rings. The van der Waals surface area contributed by atoms with E-state index in [0.717, 1.165) is 12.8 Å². The van der Waals surface area contributed by atoms with Crippen molar-refractivity contribution in [3.8, 4) is 0 Å². The molecule has 164 valence electrons. The highest BCUT2D eigenvalue weighted by Gasteiger charge is 2.26. The van der Waals surface area contributed by atoms with E-state index in [0.29, 0.717) is 6.42 Å². The lowest BCUT2D eigenvalue weighted by Crippen LogP contribution is -2.26. The van der Waals surface area contributed by atoms with Gasteiger partial charge in [0.2, 0.25) is 6.29 Å². The second-order valence-corrected chi connectivity index (χ2v) is 7.70. The first-order valence-electron chi connectivity index (χ1n) is 11.2. The van der Waals surface area contributed by atoms with E-state index in [4.69, 9.17) is 18.9 Å². The van der Waals surface area contributed by atoms with Gasteiger partial charge in [-0.2, -0.15) is 0 Å². The summed E-state index contributed by atoms with van der Waals surface area (Å²) < 4.78 is 20.4. The molecule has 0 saturated carbocycles. The fourth-order valence-corrected chi connectivity index (χ4v) is 3.35. The van der Waals surface area contributed by atoms with Gasteiger partial charge in [0.1, 0.15) is 6.61 Å². The molecule has 0 aliphatic carbocycles. The Hall–Kier alpha value is -1.30. The van der Waals surface area contributed by atoms with Crippen molar-refractivity contribution >= 4 is 12.1 Å². The van der Waals surface area contributed by atoms with Crippen LogP contribution in [0, 0.1) is 0 Å². The van der Waals surface area contributed by atoms with Gasteiger partial charge in [0, 0.05) is 13.3 Å². The van der Waals surface area contributed by atoms with Crippen LogP contribution < -0.4 is 0 Å². The van der Waals surface area contributed by atoms with Gasteiger partial charge in [-0.05, 0) is 6.42 Å². The molecule has 0 amide bonds. The number of esters is 1. The topological polar surface area (TPSA) is 71.1 Å². The first kappa shape index (κ1) is 24.7. The van der Waals surface area contributed by atoms with Crippen molar-refractivity contribution in [3.63, 3.8) is 0 Å². The first-order valence-corrected chi connectivity index (χ1v) is 11.2. The van der Waals surface area contributed by atoms with E-state index in [1.807, 2.05) is 0 Å². The summed E-state index contributed by atoms with van der Waals surface area (Å²) in [6.45, 7) is 4.00. The Balaban J connectivity index is 1.96. The molecule has 0 aromatic rings. The highest BCUT2D eigenvalue weighted by atomic mass is 16.8. The Kier molecular flexibility index (Phi) is 14.7. The number of hydrogen-bond donors (Lipinski definition) is 0. The van der Waals surface area contributed by atoms with Crippen molar-refractivity contribution < 1.29 is 28.5 Å². The van der Waals surface area contributed by atoms with Crippen LogP contribution in [0.2, 0.25) is 0 Å². The molecule has 2 unspecified atom stereocenters. The highest BCUT2D eigenvalue weighted by molar-refractivity contribution is 5.66. The third kappa shape index (κ3) is 13.8. The highest BCUT2D eigenvalue weighted by Crippen LogP contribution is 2.15. The second-order valence-electron chi connectivity index (χ2n) is 7.70. The number of carbonyl (C=O) groups is 2. The van der Waals surface area contributed by atoms with Crippen LogP contribution in [-0.2, 0) is 23.7 Å². The Morgan fingerprint density at radius 1 is 0.964 bits per heavy atom. The molecule has 0 radical (unpaired) electrons. The van der Waals surface area contributed by atoms with Gasteiger partial charge >= 0.3 is 12.1 Å². The number of carbonyl (C=O) groups excluding carboxylic acids is 2. The SMILES string of the molecule is CCCCCCCCCCCCCCCC(OCC1COC(=O)O1)OC(C)=O. The minimum absolute atomic E-state index is 0.183. The molecular formula is C22H40O6.